The molecule has 2 heterocycles. The van der Waals surface area contributed by atoms with Crippen LogP contribution in [0.25, 0.3) is 0 Å². The first-order valence-corrected chi connectivity index (χ1v) is 10.5. The lowest BCUT2D eigenvalue weighted by molar-refractivity contribution is 0.0983. The van der Waals surface area contributed by atoms with Crippen molar-refractivity contribution >= 4 is 21.6 Å². The van der Waals surface area contributed by atoms with Gasteiger partial charge in [0.05, 0.1) is 18.8 Å². The molecule has 25 heavy (non-hydrogen) atoms. The summed E-state index contributed by atoms with van der Waals surface area (Å²) in [7, 11) is -3.79. The fourth-order valence-corrected chi connectivity index (χ4v) is 5.45. The zero-order valence-corrected chi connectivity index (χ0v) is 16.2. The van der Waals surface area contributed by atoms with E-state index >= 15 is 0 Å². The number of ether oxygens (including phenoxy) is 1. The largest absolute Gasteiger partial charge is 0.492 e. The van der Waals surface area contributed by atoms with Gasteiger partial charge in [-0.05, 0) is 57.5 Å². The molecule has 8 heteroatoms. The van der Waals surface area contributed by atoms with Crippen LogP contribution in [0, 0.1) is 6.92 Å². The maximum atomic E-state index is 13.2. The molecule has 0 aliphatic carbocycles. The number of aliphatic hydroxyl groups excluding tert-OH is 1. The van der Waals surface area contributed by atoms with Crippen LogP contribution in [0.3, 0.4) is 0 Å². The molecule has 2 atom stereocenters. The normalized spacial score (nSPS) is 25.6. The predicted molar refractivity (Wildman–Crippen MR) is 96.7 cm³/mol. The summed E-state index contributed by atoms with van der Waals surface area (Å²) in [4.78, 5) is 2.25. The van der Waals surface area contributed by atoms with Gasteiger partial charge in [-0.3, -0.25) is 4.90 Å². The van der Waals surface area contributed by atoms with E-state index in [-0.39, 0.29) is 17.5 Å². The van der Waals surface area contributed by atoms with Crippen molar-refractivity contribution < 1.29 is 18.3 Å². The van der Waals surface area contributed by atoms with Gasteiger partial charge in [-0.2, -0.15) is 4.31 Å². The molecule has 0 saturated carbocycles. The number of hydrogen-bond acceptors (Lipinski definition) is 5. The van der Waals surface area contributed by atoms with Gasteiger partial charge in [0.15, 0.2) is 0 Å². The predicted octanol–water partition coefficient (Wildman–Crippen LogP) is 1.88. The molecule has 2 saturated heterocycles. The van der Waals surface area contributed by atoms with Crippen LogP contribution in [0.5, 0.6) is 5.75 Å². The molecule has 2 fully saturated rings. The minimum absolute atomic E-state index is 0.0687. The SMILES string of the molecule is CCOc1cc(C)c(Cl)cc1S(=O)(=O)N1C[C@H](O)[C@@H](N2CCCC2)C1. The van der Waals surface area contributed by atoms with E-state index in [4.69, 9.17) is 16.3 Å². The molecule has 2 aliphatic rings. The molecular formula is C17H25ClN2O4S. The van der Waals surface area contributed by atoms with E-state index in [2.05, 4.69) is 4.90 Å². The molecule has 0 spiro atoms. The Morgan fingerprint density at radius 3 is 2.60 bits per heavy atom. The van der Waals surface area contributed by atoms with Crippen molar-refractivity contribution in [3.05, 3.63) is 22.7 Å². The quantitative estimate of drug-likeness (QED) is 0.833. The summed E-state index contributed by atoms with van der Waals surface area (Å²) in [6, 6.07) is 2.96. The molecule has 6 nitrogen and oxygen atoms in total. The minimum Gasteiger partial charge on any atom is -0.492 e. The van der Waals surface area contributed by atoms with E-state index in [9.17, 15) is 13.5 Å². The summed E-state index contributed by atoms with van der Waals surface area (Å²) in [5.74, 6) is 0.309. The summed E-state index contributed by atoms with van der Waals surface area (Å²) >= 11 is 6.16. The molecule has 0 unspecified atom stereocenters. The van der Waals surface area contributed by atoms with Crippen molar-refractivity contribution in [1.82, 2.24) is 9.21 Å². The summed E-state index contributed by atoms with van der Waals surface area (Å²) in [6.45, 7) is 6.20. The number of nitrogens with zero attached hydrogens (tertiary/aromatic N) is 2. The zero-order chi connectivity index (χ0) is 18.2. The molecule has 0 aromatic heterocycles. The highest BCUT2D eigenvalue weighted by molar-refractivity contribution is 7.89. The highest BCUT2D eigenvalue weighted by Gasteiger charge is 2.42. The lowest BCUT2D eigenvalue weighted by Crippen LogP contribution is -2.41. The topological polar surface area (TPSA) is 70.1 Å². The number of likely N-dealkylation sites (tertiary alicyclic amines) is 1. The van der Waals surface area contributed by atoms with Crippen molar-refractivity contribution in [2.45, 2.75) is 43.7 Å². The minimum atomic E-state index is -3.79. The van der Waals surface area contributed by atoms with Crippen molar-refractivity contribution in [3.8, 4) is 5.75 Å². The van der Waals surface area contributed by atoms with Gasteiger partial charge in [0.25, 0.3) is 0 Å². The smallest absolute Gasteiger partial charge is 0.246 e. The van der Waals surface area contributed by atoms with Crippen LogP contribution in [0.4, 0.5) is 0 Å². The van der Waals surface area contributed by atoms with Crippen LogP contribution in [0.1, 0.15) is 25.3 Å². The first-order valence-electron chi connectivity index (χ1n) is 8.69. The van der Waals surface area contributed by atoms with Gasteiger partial charge in [0.1, 0.15) is 10.6 Å². The highest BCUT2D eigenvalue weighted by Crippen LogP contribution is 2.34. The van der Waals surface area contributed by atoms with Crippen molar-refractivity contribution in [3.63, 3.8) is 0 Å². The van der Waals surface area contributed by atoms with Gasteiger partial charge in [-0.25, -0.2) is 8.42 Å². The first kappa shape index (κ1) is 18.9. The average molecular weight is 389 g/mol. The lowest BCUT2D eigenvalue weighted by Gasteiger charge is -2.25. The summed E-state index contributed by atoms with van der Waals surface area (Å²) in [5.41, 5.74) is 0.764. The summed E-state index contributed by atoms with van der Waals surface area (Å²) in [6.07, 6.45) is 1.51. The highest BCUT2D eigenvalue weighted by atomic mass is 35.5. The number of aryl methyl sites for hydroxylation is 1. The maximum absolute atomic E-state index is 13.2. The second kappa shape index (κ2) is 7.40. The summed E-state index contributed by atoms with van der Waals surface area (Å²) < 4.78 is 33.2. The van der Waals surface area contributed by atoms with Crippen LogP contribution in [0.2, 0.25) is 5.02 Å². The number of sulfonamides is 1. The van der Waals surface area contributed by atoms with Crippen LogP contribution in [-0.4, -0.2) is 67.7 Å². The van der Waals surface area contributed by atoms with Gasteiger partial charge in [-0.15, -0.1) is 0 Å². The molecule has 0 bridgehead atoms. The molecule has 140 valence electrons. The number of benzene rings is 1. The zero-order valence-electron chi connectivity index (χ0n) is 14.6. The Kier molecular flexibility index (Phi) is 5.60. The molecular weight excluding hydrogens is 364 g/mol. The Morgan fingerprint density at radius 2 is 1.96 bits per heavy atom. The number of β-amino-alcohol motifs (C(OH)–C–C–N with tert-alkyl or cyclic N) is 1. The number of halogens is 1. The Balaban J connectivity index is 1.90. The first-order chi connectivity index (χ1) is 11.8. The fourth-order valence-electron chi connectivity index (χ4n) is 3.61. The van der Waals surface area contributed by atoms with Crippen LogP contribution in [0.15, 0.2) is 17.0 Å². The lowest BCUT2D eigenvalue weighted by atomic mass is 10.2. The summed E-state index contributed by atoms with van der Waals surface area (Å²) in [5, 5.41) is 10.8. The standard InChI is InChI=1S/C17H25ClN2O4S/c1-3-24-16-8-12(2)13(18)9-17(16)25(22,23)20-10-14(15(21)11-20)19-6-4-5-7-19/h8-9,14-15,21H,3-7,10-11H2,1-2H3/t14-,15-/m0/s1. The Labute approximate surface area is 154 Å². The van der Waals surface area contributed by atoms with Gasteiger partial charge in [0, 0.05) is 18.1 Å². The van der Waals surface area contributed by atoms with E-state index < -0.39 is 16.1 Å². The molecule has 1 aromatic carbocycles. The maximum Gasteiger partial charge on any atom is 0.246 e. The van der Waals surface area contributed by atoms with Gasteiger partial charge < -0.3 is 9.84 Å². The van der Waals surface area contributed by atoms with Crippen molar-refractivity contribution in [1.29, 1.82) is 0 Å². The molecule has 0 amide bonds. The van der Waals surface area contributed by atoms with Gasteiger partial charge >= 0.3 is 0 Å². The van der Waals surface area contributed by atoms with Crippen molar-refractivity contribution in [2.75, 3.05) is 32.8 Å². The number of aliphatic hydroxyl groups is 1. The molecule has 3 rings (SSSR count). The Morgan fingerprint density at radius 1 is 1.28 bits per heavy atom. The third-order valence-electron chi connectivity index (χ3n) is 4.98. The van der Waals surface area contributed by atoms with Crippen molar-refractivity contribution in [2.24, 2.45) is 0 Å². The average Bonchev–Trinajstić information content (AvgIpc) is 3.20. The number of hydrogen-bond donors (Lipinski definition) is 1. The van der Waals surface area contributed by atoms with Crippen LogP contribution in [-0.2, 0) is 10.0 Å². The van der Waals surface area contributed by atoms with E-state index in [0.717, 1.165) is 31.5 Å². The Bertz CT molecular complexity index is 734. The third-order valence-corrected chi connectivity index (χ3v) is 7.24. The molecule has 2 aliphatic heterocycles. The third kappa shape index (κ3) is 3.66. The Hall–Kier alpha value is -0.860. The molecule has 1 aromatic rings. The second-order valence-corrected chi connectivity index (χ2v) is 8.99. The molecule has 1 N–H and O–H groups in total. The van der Waals surface area contributed by atoms with E-state index in [1.807, 2.05) is 13.8 Å². The van der Waals surface area contributed by atoms with Crippen LogP contribution >= 0.6 is 11.6 Å². The van der Waals surface area contributed by atoms with E-state index in [0.29, 0.717) is 23.9 Å². The fraction of sp³-hybridized carbons (Fsp3) is 0.647. The van der Waals surface area contributed by atoms with E-state index in [1.54, 1.807) is 6.07 Å². The molecule has 0 radical (unpaired) electrons. The van der Waals surface area contributed by atoms with E-state index in [1.165, 1.54) is 10.4 Å². The monoisotopic (exact) mass is 388 g/mol. The number of rotatable bonds is 5. The van der Waals surface area contributed by atoms with Gasteiger partial charge in [-0.1, -0.05) is 11.6 Å². The van der Waals surface area contributed by atoms with Crippen LogP contribution < -0.4 is 4.74 Å². The van der Waals surface area contributed by atoms with Gasteiger partial charge in [0.2, 0.25) is 10.0 Å². The second-order valence-electron chi connectivity index (χ2n) is 6.68.